The predicted molar refractivity (Wildman–Crippen MR) is 67.7 cm³/mol. The second kappa shape index (κ2) is 4.77. The number of halogens is 2. The van der Waals surface area contributed by atoms with E-state index in [9.17, 15) is 0 Å². The van der Waals surface area contributed by atoms with Gasteiger partial charge in [-0.2, -0.15) is 4.98 Å². The van der Waals surface area contributed by atoms with Gasteiger partial charge in [0.2, 0.25) is 11.2 Å². The Morgan fingerprint density at radius 1 is 1.29 bits per heavy atom. The molecule has 0 spiro atoms. The van der Waals surface area contributed by atoms with Crippen LogP contribution in [0.3, 0.4) is 0 Å². The number of ether oxygens (including phenoxy) is 1. The maximum absolute atomic E-state index is 5.91. The number of nitrogen functional groups attached to an aromatic ring is 1. The Hall–Kier alpha value is -1.52. The highest BCUT2D eigenvalue weighted by Crippen LogP contribution is 2.28. The molecule has 0 atom stereocenters. The van der Waals surface area contributed by atoms with Crippen molar-refractivity contribution in [2.75, 3.05) is 5.73 Å². The largest absolute Gasteiger partial charge is 0.437 e. The van der Waals surface area contributed by atoms with Gasteiger partial charge in [-0.05, 0) is 42.3 Å². The molecular weight excluding hydrogens is 261 g/mol. The minimum atomic E-state index is 0.0832. The number of nitrogens with two attached hydrogens (primary N) is 1. The van der Waals surface area contributed by atoms with Gasteiger partial charge in [0.1, 0.15) is 11.4 Å². The summed E-state index contributed by atoms with van der Waals surface area (Å²) >= 11 is 11.6. The predicted octanol–water partition coefficient (Wildman–Crippen LogP) is 3.47. The molecule has 0 radical (unpaired) electrons. The van der Waals surface area contributed by atoms with E-state index in [1.807, 2.05) is 6.92 Å². The molecule has 0 unspecified atom stereocenters. The third kappa shape index (κ3) is 2.78. The van der Waals surface area contributed by atoms with Crippen LogP contribution in [0, 0.1) is 6.92 Å². The molecule has 1 aromatic carbocycles. The van der Waals surface area contributed by atoms with Gasteiger partial charge in [0.15, 0.2) is 0 Å². The van der Waals surface area contributed by atoms with Gasteiger partial charge in [0, 0.05) is 5.02 Å². The molecule has 0 aliphatic rings. The number of benzene rings is 1. The first kappa shape index (κ1) is 12.0. The number of aromatic nitrogens is 2. The Morgan fingerprint density at radius 2 is 2.06 bits per heavy atom. The molecule has 0 aliphatic heterocycles. The average Bonchev–Trinajstić information content (AvgIpc) is 2.29. The fraction of sp³-hybridized carbons (Fsp3) is 0.0909. The summed E-state index contributed by atoms with van der Waals surface area (Å²) in [6, 6.07) is 5.26. The van der Waals surface area contributed by atoms with Crippen LogP contribution in [-0.4, -0.2) is 9.97 Å². The van der Waals surface area contributed by atoms with Crippen LogP contribution in [0.5, 0.6) is 11.6 Å². The molecule has 2 rings (SSSR count). The summed E-state index contributed by atoms with van der Waals surface area (Å²) in [5, 5.41) is 0.755. The summed E-state index contributed by atoms with van der Waals surface area (Å²) in [7, 11) is 0. The Morgan fingerprint density at radius 3 is 2.76 bits per heavy atom. The molecule has 88 valence electrons. The quantitative estimate of drug-likeness (QED) is 0.849. The van der Waals surface area contributed by atoms with Crippen molar-refractivity contribution in [3.05, 3.63) is 40.3 Å². The second-order valence-electron chi connectivity index (χ2n) is 3.41. The van der Waals surface area contributed by atoms with Crippen molar-refractivity contribution < 1.29 is 4.74 Å². The van der Waals surface area contributed by atoms with Crippen molar-refractivity contribution in [2.45, 2.75) is 6.92 Å². The summed E-state index contributed by atoms with van der Waals surface area (Å²) in [5.74, 6) is 0.820. The molecule has 0 bridgehead atoms. The Bertz CT molecular complexity index is 560. The smallest absolute Gasteiger partial charge is 0.247 e. The minimum Gasteiger partial charge on any atom is -0.437 e. The zero-order valence-electron chi connectivity index (χ0n) is 8.95. The zero-order valence-corrected chi connectivity index (χ0v) is 10.5. The van der Waals surface area contributed by atoms with E-state index >= 15 is 0 Å². The lowest BCUT2D eigenvalue weighted by molar-refractivity contribution is 0.464. The van der Waals surface area contributed by atoms with Gasteiger partial charge in [0.05, 0.1) is 6.20 Å². The van der Waals surface area contributed by atoms with Crippen LogP contribution in [0.25, 0.3) is 0 Å². The van der Waals surface area contributed by atoms with Gasteiger partial charge in [-0.3, -0.25) is 0 Å². The minimum absolute atomic E-state index is 0.0832. The SMILES string of the molecule is Cc1cc(Oc2nc(Cl)ncc2N)ccc1Cl. The monoisotopic (exact) mass is 269 g/mol. The van der Waals surface area contributed by atoms with Crippen molar-refractivity contribution in [3.8, 4) is 11.6 Å². The number of hydrogen-bond acceptors (Lipinski definition) is 4. The van der Waals surface area contributed by atoms with Crippen LogP contribution in [0.2, 0.25) is 10.3 Å². The van der Waals surface area contributed by atoms with Crippen LogP contribution in [-0.2, 0) is 0 Å². The van der Waals surface area contributed by atoms with Gasteiger partial charge in [-0.1, -0.05) is 11.6 Å². The van der Waals surface area contributed by atoms with E-state index in [4.69, 9.17) is 33.7 Å². The molecular formula is C11H9Cl2N3O. The van der Waals surface area contributed by atoms with E-state index in [1.54, 1.807) is 18.2 Å². The first-order valence-electron chi connectivity index (χ1n) is 4.78. The van der Waals surface area contributed by atoms with Crippen molar-refractivity contribution in [3.63, 3.8) is 0 Å². The first-order chi connectivity index (χ1) is 8.06. The number of nitrogens with zero attached hydrogens (tertiary/aromatic N) is 2. The summed E-state index contributed by atoms with van der Waals surface area (Å²) in [5.41, 5.74) is 6.90. The highest BCUT2D eigenvalue weighted by atomic mass is 35.5. The van der Waals surface area contributed by atoms with E-state index in [1.165, 1.54) is 6.20 Å². The number of aryl methyl sites for hydroxylation is 1. The normalized spacial score (nSPS) is 10.3. The van der Waals surface area contributed by atoms with Gasteiger partial charge in [-0.15, -0.1) is 0 Å². The highest BCUT2D eigenvalue weighted by Gasteiger charge is 2.07. The molecule has 0 amide bonds. The molecule has 0 aliphatic carbocycles. The molecule has 6 heteroatoms. The van der Waals surface area contributed by atoms with Crippen molar-refractivity contribution in [1.82, 2.24) is 9.97 Å². The zero-order chi connectivity index (χ0) is 12.4. The van der Waals surface area contributed by atoms with E-state index in [-0.39, 0.29) is 11.2 Å². The summed E-state index contributed by atoms with van der Waals surface area (Å²) in [6.45, 7) is 1.88. The van der Waals surface area contributed by atoms with Crippen molar-refractivity contribution in [1.29, 1.82) is 0 Å². The van der Waals surface area contributed by atoms with Crippen LogP contribution in [0.4, 0.5) is 5.69 Å². The number of rotatable bonds is 2. The molecule has 0 saturated carbocycles. The Labute approximate surface area is 108 Å². The number of hydrogen-bond donors (Lipinski definition) is 1. The molecule has 0 fully saturated rings. The topological polar surface area (TPSA) is 61.0 Å². The standard InChI is InChI=1S/C11H9Cl2N3O/c1-6-4-7(2-3-8(6)12)17-10-9(14)5-15-11(13)16-10/h2-5H,14H2,1H3. The molecule has 4 nitrogen and oxygen atoms in total. The highest BCUT2D eigenvalue weighted by molar-refractivity contribution is 6.31. The van der Waals surface area contributed by atoms with Crippen molar-refractivity contribution >= 4 is 28.9 Å². The summed E-state index contributed by atoms with van der Waals surface area (Å²) < 4.78 is 5.51. The van der Waals surface area contributed by atoms with Gasteiger partial charge >= 0.3 is 0 Å². The van der Waals surface area contributed by atoms with Crippen molar-refractivity contribution in [2.24, 2.45) is 0 Å². The van der Waals surface area contributed by atoms with Crippen LogP contribution >= 0.6 is 23.2 Å². The third-order valence-corrected chi connectivity index (χ3v) is 2.70. The molecule has 1 aromatic heterocycles. The van der Waals surface area contributed by atoms with Crippen LogP contribution < -0.4 is 10.5 Å². The molecule has 2 N–H and O–H groups in total. The fourth-order valence-electron chi connectivity index (χ4n) is 1.23. The molecule has 0 saturated heterocycles. The van der Waals surface area contributed by atoms with Gasteiger partial charge < -0.3 is 10.5 Å². The molecule has 1 heterocycles. The van der Waals surface area contributed by atoms with E-state index in [2.05, 4.69) is 9.97 Å². The molecule has 17 heavy (non-hydrogen) atoms. The van der Waals surface area contributed by atoms with E-state index in [0.717, 1.165) is 5.56 Å². The van der Waals surface area contributed by atoms with Crippen LogP contribution in [0.1, 0.15) is 5.56 Å². The lowest BCUT2D eigenvalue weighted by Gasteiger charge is -2.08. The lowest BCUT2D eigenvalue weighted by atomic mass is 10.2. The summed E-state index contributed by atoms with van der Waals surface area (Å²) in [4.78, 5) is 7.64. The van der Waals surface area contributed by atoms with Gasteiger partial charge in [0.25, 0.3) is 0 Å². The van der Waals surface area contributed by atoms with Gasteiger partial charge in [-0.25, -0.2) is 4.98 Å². The maximum Gasteiger partial charge on any atom is 0.247 e. The third-order valence-electron chi connectivity index (χ3n) is 2.09. The Balaban J connectivity index is 2.31. The second-order valence-corrected chi connectivity index (χ2v) is 4.16. The van der Waals surface area contributed by atoms with E-state index < -0.39 is 0 Å². The van der Waals surface area contributed by atoms with E-state index in [0.29, 0.717) is 16.5 Å². The first-order valence-corrected chi connectivity index (χ1v) is 5.54. The lowest BCUT2D eigenvalue weighted by Crippen LogP contribution is -1.97. The molecule has 2 aromatic rings. The average molecular weight is 270 g/mol. The fourth-order valence-corrected chi connectivity index (χ4v) is 1.47. The summed E-state index contributed by atoms with van der Waals surface area (Å²) in [6.07, 6.45) is 1.40. The van der Waals surface area contributed by atoms with Crippen LogP contribution in [0.15, 0.2) is 24.4 Å². The maximum atomic E-state index is 5.91. The Kier molecular flexibility index (Phi) is 3.36. The number of anilines is 1.